The number of pyridine rings is 1. The first kappa shape index (κ1) is 21.3. The molecule has 2 N–H and O–H groups in total. The molecule has 0 aliphatic heterocycles. The summed E-state index contributed by atoms with van der Waals surface area (Å²) in [5, 5.41) is 21.6. The van der Waals surface area contributed by atoms with E-state index in [1.807, 2.05) is 13.1 Å². The number of aromatic nitrogens is 5. The molecule has 0 atom stereocenters. The number of nitrogens with zero attached hydrogens (tertiary/aromatic N) is 7. The molecule has 0 unspecified atom stereocenters. The van der Waals surface area contributed by atoms with Gasteiger partial charge in [-0.25, -0.2) is 23.7 Å². The Balaban J connectivity index is 1.69. The summed E-state index contributed by atoms with van der Waals surface area (Å²) in [6.45, 7) is 2.12. The van der Waals surface area contributed by atoms with Gasteiger partial charge in [0.05, 0.1) is 28.5 Å². The van der Waals surface area contributed by atoms with Crippen molar-refractivity contribution in [2.24, 2.45) is 4.99 Å². The third-order valence-electron chi connectivity index (χ3n) is 4.54. The van der Waals surface area contributed by atoms with Gasteiger partial charge in [0, 0.05) is 19.7 Å². The van der Waals surface area contributed by atoms with Crippen LogP contribution in [0.25, 0.3) is 32.9 Å². The van der Waals surface area contributed by atoms with Crippen LogP contribution in [0.3, 0.4) is 0 Å². The second-order valence-corrected chi connectivity index (χ2v) is 8.03. The van der Waals surface area contributed by atoms with Crippen molar-refractivity contribution in [3.8, 4) is 28.0 Å². The van der Waals surface area contributed by atoms with E-state index in [-0.39, 0.29) is 28.8 Å². The van der Waals surface area contributed by atoms with Crippen molar-refractivity contribution in [3.63, 3.8) is 0 Å². The molecular formula is C20H17F2N9S. The molecule has 1 aromatic carbocycles. The van der Waals surface area contributed by atoms with Crippen molar-refractivity contribution in [2.75, 3.05) is 14.1 Å². The van der Waals surface area contributed by atoms with Crippen molar-refractivity contribution in [1.29, 1.82) is 5.26 Å². The summed E-state index contributed by atoms with van der Waals surface area (Å²) in [7, 11) is 3.55. The van der Waals surface area contributed by atoms with Crippen LogP contribution in [0.1, 0.15) is 10.7 Å². The van der Waals surface area contributed by atoms with E-state index >= 15 is 0 Å². The van der Waals surface area contributed by atoms with Crippen molar-refractivity contribution < 1.29 is 8.78 Å². The minimum absolute atomic E-state index is 0.00376. The second kappa shape index (κ2) is 8.64. The average molecular weight is 453 g/mol. The summed E-state index contributed by atoms with van der Waals surface area (Å²) in [5.74, 6) is -0.964. The number of aliphatic imine (C=N–C) groups is 1. The van der Waals surface area contributed by atoms with Gasteiger partial charge in [0.15, 0.2) is 28.9 Å². The van der Waals surface area contributed by atoms with Crippen molar-refractivity contribution in [3.05, 3.63) is 46.6 Å². The summed E-state index contributed by atoms with van der Waals surface area (Å²) >= 11 is 1.39. The number of hydrogen-bond acceptors (Lipinski definition) is 7. The Morgan fingerprint density at radius 2 is 1.97 bits per heavy atom. The van der Waals surface area contributed by atoms with Crippen LogP contribution in [-0.4, -0.2) is 50.3 Å². The van der Waals surface area contributed by atoms with Gasteiger partial charge in [-0.1, -0.05) is 6.07 Å². The summed E-state index contributed by atoms with van der Waals surface area (Å²) in [5.41, 5.74) is 1.25. The number of hydrogen-bond donors (Lipinski definition) is 2. The molecule has 0 bridgehead atoms. The number of nitriles is 1. The fourth-order valence-corrected chi connectivity index (χ4v) is 4.04. The molecule has 0 fully saturated rings. The minimum Gasteiger partial charge on any atom is -0.348 e. The predicted molar refractivity (Wildman–Crippen MR) is 116 cm³/mol. The number of aryl methyl sites for hydroxylation is 1. The summed E-state index contributed by atoms with van der Waals surface area (Å²) in [4.78, 5) is 15.9. The number of halogens is 2. The topological polar surface area (TPSA) is 119 Å². The molecule has 3 aromatic heterocycles. The number of aromatic amines is 1. The van der Waals surface area contributed by atoms with Crippen LogP contribution in [0.2, 0.25) is 0 Å². The van der Waals surface area contributed by atoms with Crippen LogP contribution < -0.4 is 5.32 Å². The first-order chi connectivity index (χ1) is 15.4. The fraction of sp³-hybridized carbons (Fsp3) is 0.200. The monoisotopic (exact) mass is 453 g/mol. The molecule has 0 aliphatic carbocycles. The largest absolute Gasteiger partial charge is 0.348 e. The number of fused-ring (bicyclic) bond motifs is 1. The van der Waals surface area contributed by atoms with E-state index in [4.69, 9.17) is 5.26 Å². The van der Waals surface area contributed by atoms with Crippen LogP contribution in [-0.2, 0) is 6.54 Å². The molecule has 3 heterocycles. The minimum atomic E-state index is -0.697. The zero-order valence-electron chi connectivity index (χ0n) is 17.3. The zero-order chi connectivity index (χ0) is 22.8. The molecule has 162 valence electrons. The average Bonchev–Trinajstić information content (AvgIpc) is 3.41. The predicted octanol–water partition coefficient (Wildman–Crippen LogP) is 3.22. The Morgan fingerprint density at radius 1 is 1.22 bits per heavy atom. The second-order valence-electron chi connectivity index (χ2n) is 6.94. The summed E-state index contributed by atoms with van der Waals surface area (Å²) in [6.07, 6.45) is 1.85. The number of H-pyrrole nitrogens is 1. The van der Waals surface area contributed by atoms with E-state index in [0.717, 1.165) is 21.6 Å². The van der Waals surface area contributed by atoms with Crippen molar-refractivity contribution in [1.82, 2.24) is 35.6 Å². The maximum atomic E-state index is 14.9. The van der Waals surface area contributed by atoms with Crippen LogP contribution >= 0.6 is 11.3 Å². The quantitative estimate of drug-likeness (QED) is 0.211. The molecule has 9 nitrogen and oxygen atoms in total. The lowest BCUT2D eigenvalue weighted by atomic mass is 10.1. The van der Waals surface area contributed by atoms with Gasteiger partial charge in [0.2, 0.25) is 5.96 Å². The molecule has 0 aliphatic rings. The molecule has 0 radical (unpaired) electrons. The Morgan fingerprint density at radius 3 is 2.72 bits per heavy atom. The molecular weight excluding hydrogens is 436 g/mol. The normalized spacial score (nSPS) is 11.6. The van der Waals surface area contributed by atoms with Crippen molar-refractivity contribution in [2.45, 2.75) is 13.5 Å². The van der Waals surface area contributed by atoms with Gasteiger partial charge in [-0.3, -0.25) is 5.32 Å². The standard InChI is InChI=1S/C20H17F2N9S/c1-10-19(32-15(26-10)8-24-20(25-9-23)31(2)3)14-6-4-5-13(27-14)11-7-12(21)17-18(16(11)22)29-30-28-17/h4-7H,8H2,1-3H3,(H,24,25)(H,28,29,30). The number of thiazole rings is 1. The third-order valence-corrected chi connectivity index (χ3v) is 5.71. The highest BCUT2D eigenvalue weighted by Crippen LogP contribution is 2.33. The van der Waals surface area contributed by atoms with E-state index in [2.05, 4.69) is 35.7 Å². The molecule has 0 amide bonds. The van der Waals surface area contributed by atoms with Crippen LogP contribution in [0.15, 0.2) is 29.3 Å². The van der Waals surface area contributed by atoms with E-state index in [0.29, 0.717) is 11.7 Å². The van der Waals surface area contributed by atoms with Gasteiger partial charge in [-0.2, -0.15) is 20.7 Å². The molecule has 32 heavy (non-hydrogen) atoms. The maximum Gasteiger partial charge on any atom is 0.207 e. The highest BCUT2D eigenvalue weighted by molar-refractivity contribution is 7.15. The highest BCUT2D eigenvalue weighted by atomic mass is 32.1. The van der Waals surface area contributed by atoms with Gasteiger partial charge in [-0.05, 0) is 25.1 Å². The molecule has 0 spiro atoms. The van der Waals surface area contributed by atoms with Crippen LogP contribution in [0, 0.1) is 30.0 Å². The zero-order valence-corrected chi connectivity index (χ0v) is 18.1. The van der Waals surface area contributed by atoms with Gasteiger partial charge >= 0.3 is 0 Å². The molecule has 0 saturated heterocycles. The van der Waals surface area contributed by atoms with Crippen LogP contribution in [0.5, 0.6) is 0 Å². The number of nitrogens with one attached hydrogen (secondary N) is 2. The molecule has 4 aromatic rings. The molecule has 0 saturated carbocycles. The first-order valence-corrected chi connectivity index (χ1v) is 10.2. The van der Waals surface area contributed by atoms with Crippen LogP contribution in [0.4, 0.5) is 8.78 Å². The third kappa shape index (κ3) is 3.97. The smallest absolute Gasteiger partial charge is 0.207 e. The lowest BCUT2D eigenvalue weighted by Gasteiger charge is -2.12. The number of rotatable bonds is 4. The van der Waals surface area contributed by atoms with E-state index < -0.39 is 11.6 Å². The number of guanidine groups is 1. The van der Waals surface area contributed by atoms with Gasteiger partial charge in [0.1, 0.15) is 5.01 Å². The first-order valence-electron chi connectivity index (χ1n) is 9.38. The Bertz CT molecular complexity index is 1370. The Hall–Kier alpha value is -3.98. The Kier molecular flexibility index (Phi) is 5.74. The van der Waals surface area contributed by atoms with E-state index in [1.54, 1.807) is 37.2 Å². The van der Waals surface area contributed by atoms with Gasteiger partial charge in [0.25, 0.3) is 0 Å². The number of benzene rings is 1. The van der Waals surface area contributed by atoms with Crippen molar-refractivity contribution >= 4 is 28.3 Å². The highest BCUT2D eigenvalue weighted by Gasteiger charge is 2.19. The molecule has 12 heteroatoms. The summed E-state index contributed by atoms with van der Waals surface area (Å²) in [6, 6.07) is 6.17. The van der Waals surface area contributed by atoms with Gasteiger partial charge in [-0.15, -0.1) is 11.3 Å². The lowest BCUT2D eigenvalue weighted by molar-refractivity contribution is 0.597. The SMILES string of the molecule is Cc1nc(CN=C(NC#N)N(C)C)sc1-c1cccc(-c2cc(F)c3n[nH]nc3c2F)n1. The van der Waals surface area contributed by atoms with Gasteiger partial charge < -0.3 is 4.90 Å². The summed E-state index contributed by atoms with van der Waals surface area (Å²) < 4.78 is 29.2. The Labute approximate surface area is 185 Å². The fourth-order valence-electron chi connectivity index (χ4n) is 3.08. The lowest BCUT2D eigenvalue weighted by Crippen LogP contribution is -2.33. The van der Waals surface area contributed by atoms with E-state index in [1.165, 1.54) is 11.3 Å². The van der Waals surface area contributed by atoms with E-state index in [9.17, 15) is 8.78 Å². The molecule has 4 rings (SSSR count). The maximum absolute atomic E-state index is 14.9.